The molecule has 0 spiro atoms. The molecule has 1 aliphatic rings. The molecule has 19 heavy (non-hydrogen) atoms. The lowest BCUT2D eigenvalue weighted by atomic mass is 10.1. The number of hydrogen-bond acceptors (Lipinski definition) is 5. The highest BCUT2D eigenvalue weighted by molar-refractivity contribution is 7.99. The molecule has 0 aliphatic carbocycles. The first-order valence-corrected chi connectivity index (χ1v) is 7.57. The van der Waals surface area contributed by atoms with E-state index >= 15 is 0 Å². The van der Waals surface area contributed by atoms with Gasteiger partial charge in [0.25, 0.3) is 0 Å². The Morgan fingerprint density at radius 1 is 1.53 bits per heavy atom. The van der Waals surface area contributed by atoms with Gasteiger partial charge < -0.3 is 14.4 Å². The van der Waals surface area contributed by atoms with Crippen molar-refractivity contribution in [3.8, 4) is 0 Å². The van der Waals surface area contributed by atoms with Crippen LogP contribution in [-0.2, 0) is 22.5 Å². The molecule has 0 bridgehead atoms. The lowest BCUT2D eigenvalue weighted by Gasteiger charge is -2.23. The summed E-state index contributed by atoms with van der Waals surface area (Å²) in [6.07, 6.45) is 4.34. The first-order valence-electron chi connectivity index (χ1n) is 6.59. The number of aromatic nitrogens is 3. The van der Waals surface area contributed by atoms with Crippen LogP contribution in [0.1, 0.15) is 32.0 Å². The van der Waals surface area contributed by atoms with Crippen LogP contribution in [0.5, 0.6) is 0 Å². The molecule has 2 heterocycles. The maximum Gasteiger partial charge on any atom is 0.313 e. The largest absolute Gasteiger partial charge is 0.481 e. The monoisotopic (exact) mass is 285 g/mol. The Bertz CT molecular complexity index is 430. The number of ether oxygens (including phenoxy) is 1. The first kappa shape index (κ1) is 14.3. The van der Waals surface area contributed by atoms with Crippen molar-refractivity contribution in [1.29, 1.82) is 0 Å². The van der Waals surface area contributed by atoms with Gasteiger partial charge in [0, 0.05) is 13.0 Å². The van der Waals surface area contributed by atoms with Crippen molar-refractivity contribution >= 4 is 17.7 Å². The summed E-state index contributed by atoms with van der Waals surface area (Å²) in [4.78, 5) is 10.6. The van der Waals surface area contributed by atoms with E-state index in [9.17, 15) is 4.79 Å². The molecule has 6 nitrogen and oxygen atoms in total. The van der Waals surface area contributed by atoms with Crippen LogP contribution >= 0.6 is 11.8 Å². The predicted octanol–water partition coefficient (Wildman–Crippen LogP) is 1.59. The summed E-state index contributed by atoms with van der Waals surface area (Å²) in [5.74, 6) is 0.0569. The standard InChI is InChI=1S/C12H19N3O3S/c1-2-10-13-14-12(19-8-11(16)17)15(10)7-9-5-3-4-6-18-9/h9H,2-8H2,1H3,(H,16,17). The highest BCUT2D eigenvalue weighted by atomic mass is 32.2. The zero-order valence-electron chi connectivity index (χ0n) is 11.0. The number of aliphatic carboxylic acids is 1. The average Bonchev–Trinajstić information content (AvgIpc) is 2.80. The Balaban J connectivity index is 2.06. The highest BCUT2D eigenvalue weighted by Gasteiger charge is 2.19. The zero-order valence-corrected chi connectivity index (χ0v) is 11.9. The number of aryl methyl sites for hydroxylation is 1. The zero-order chi connectivity index (χ0) is 13.7. The molecule has 1 aromatic rings. The second-order valence-corrected chi connectivity index (χ2v) is 5.48. The molecule has 1 fully saturated rings. The van der Waals surface area contributed by atoms with Crippen LogP contribution in [-0.4, -0.2) is 44.3 Å². The van der Waals surface area contributed by atoms with Crippen molar-refractivity contribution in [1.82, 2.24) is 14.8 Å². The number of carboxylic acids is 1. The number of carboxylic acid groups (broad SMARTS) is 1. The Morgan fingerprint density at radius 3 is 3.00 bits per heavy atom. The molecule has 0 amide bonds. The maximum atomic E-state index is 10.6. The van der Waals surface area contributed by atoms with Crippen LogP contribution in [0, 0.1) is 0 Å². The fourth-order valence-corrected chi connectivity index (χ4v) is 2.84. The van der Waals surface area contributed by atoms with E-state index in [-0.39, 0.29) is 11.9 Å². The third-order valence-electron chi connectivity index (χ3n) is 3.09. The van der Waals surface area contributed by atoms with Crippen LogP contribution < -0.4 is 0 Å². The Hall–Kier alpha value is -1.08. The molecule has 1 unspecified atom stereocenters. The Labute approximate surface area is 116 Å². The summed E-state index contributed by atoms with van der Waals surface area (Å²) in [5.41, 5.74) is 0. The van der Waals surface area contributed by atoms with E-state index in [1.54, 1.807) is 0 Å². The summed E-state index contributed by atoms with van der Waals surface area (Å²) in [6.45, 7) is 3.55. The van der Waals surface area contributed by atoms with E-state index in [4.69, 9.17) is 9.84 Å². The number of thioether (sulfide) groups is 1. The summed E-state index contributed by atoms with van der Waals surface area (Å²) < 4.78 is 7.73. The van der Waals surface area contributed by atoms with E-state index in [0.29, 0.717) is 5.16 Å². The van der Waals surface area contributed by atoms with Gasteiger partial charge >= 0.3 is 5.97 Å². The average molecular weight is 285 g/mol. The third kappa shape index (κ3) is 3.94. The molecule has 1 saturated heterocycles. The van der Waals surface area contributed by atoms with Crippen LogP contribution in [0.3, 0.4) is 0 Å². The SMILES string of the molecule is CCc1nnc(SCC(=O)O)n1CC1CCCCO1. The minimum atomic E-state index is -0.841. The van der Waals surface area contributed by atoms with Gasteiger partial charge in [0.05, 0.1) is 18.4 Å². The van der Waals surface area contributed by atoms with Gasteiger partial charge in [-0.1, -0.05) is 18.7 Å². The van der Waals surface area contributed by atoms with Crippen molar-refractivity contribution in [3.63, 3.8) is 0 Å². The van der Waals surface area contributed by atoms with Gasteiger partial charge in [0.1, 0.15) is 5.82 Å². The van der Waals surface area contributed by atoms with Gasteiger partial charge in [-0.25, -0.2) is 0 Å². The minimum Gasteiger partial charge on any atom is -0.481 e. The predicted molar refractivity (Wildman–Crippen MR) is 71.4 cm³/mol. The summed E-state index contributed by atoms with van der Waals surface area (Å²) in [6, 6.07) is 0. The number of nitrogens with zero attached hydrogens (tertiary/aromatic N) is 3. The number of hydrogen-bond donors (Lipinski definition) is 1. The quantitative estimate of drug-likeness (QED) is 0.800. The second-order valence-electron chi connectivity index (χ2n) is 4.53. The topological polar surface area (TPSA) is 77.2 Å². The normalized spacial score (nSPS) is 19.5. The smallest absolute Gasteiger partial charge is 0.313 e. The minimum absolute atomic E-state index is 0.00731. The molecule has 106 valence electrons. The van der Waals surface area contributed by atoms with Gasteiger partial charge in [-0.2, -0.15) is 0 Å². The van der Waals surface area contributed by atoms with Crippen molar-refractivity contribution in [2.24, 2.45) is 0 Å². The van der Waals surface area contributed by atoms with Crippen LogP contribution in [0.4, 0.5) is 0 Å². The third-order valence-corrected chi connectivity index (χ3v) is 4.05. The Morgan fingerprint density at radius 2 is 2.37 bits per heavy atom. The fraction of sp³-hybridized carbons (Fsp3) is 0.750. The number of carbonyl (C=O) groups is 1. The molecule has 1 aromatic heterocycles. The molecule has 1 atom stereocenters. The molecule has 1 aliphatic heterocycles. The molecule has 0 saturated carbocycles. The molecular formula is C12H19N3O3S. The summed E-state index contributed by atoms with van der Waals surface area (Å²) >= 11 is 1.21. The van der Waals surface area contributed by atoms with Crippen LogP contribution in [0.2, 0.25) is 0 Å². The van der Waals surface area contributed by atoms with Crippen LogP contribution in [0.15, 0.2) is 5.16 Å². The highest BCUT2D eigenvalue weighted by Crippen LogP contribution is 2.21. The van der Waals surface area contributed by atoms with Gasteiger partial charge in [-0.05, 0) is 19.3 Å². The van der Waals surface area contributed by atoms with Gasteiger partial charge in [-0.15, -0.1) is 10.2 Å². The first-order chi connectivity index (χ1) is 9.20. The van der Waals surface area contributed by atoms with E-state index in [2.05, 4.69) is 10.2 Å². The fourth-order valence-electron chi connectivity index (χ4n) is 2.15. The Kier molecular flexibility index (Phi) is 5.21. The van der Waals surface area contributed by atoms with Gasteiger partial charge in [0.2, 0.25) is 0 Å². The lowest BCUT2D eigenvalue weighted by molar-refractivity contribution is -0.133. The van der Waals surface area contributed by atoms with Crippen molar-refractivity contribution in [3.05, 3.63) is 5.82 Å². The molecule has 0 radical (unpaired) electrons. The molecule has 2 rings (SSSR count). The molecule has 7 heteroatoms. The van der Waals surface area contributed by atoms with Crippen LogP contribution in [0.25, 0.3) is 0 Å². The van der Waals surface area contributed by atoms with Crippen molar-refractivity contribution in [2.75, 3.05) is 12.4 Å². The number of rotatable bonds is 6. The van der Waals surface area contributed by atoms with E-state index in [1.165, 1.54) is 18.2 Å². The lowest BCUT2D eigenvalue weighted by Crippen LogP contribution is -2.25. The van der Waals surface area contributed by atoms with E-state index < -0.39 is 5.97 Å². The molecule has 1 N–H and O–H groups in total. The maximum absolute atomic E-state index is 10.6. The van der Waals surface area contributed by atoms with Crippen molar-refractivity contribution < 1.29 is 14.6 Å². The summed E-state index contributed by atoms with van der Waals surface area (Å²) in [5, 5.41) is 17.6. The van der Waals surface area contributed by atoms with E-state index in [0.717, 1.165) is 38.2 Å². The second kappa shape index (κ2) is 6.91. The van der Waals surface area contributed by atoms with Gasteiger partial charge in [0.15, 0.2) is 5.16 Å². The molecule has 0 aromatic carbocycles. The molecular weight excluding hydrogens is 266 g/mol. The van der Waals surface area contributed by atoms with Gasteiger partial charge in [-0.3, -0.25) is 4.79 Å². The van der Waals surface area contributed by atoms with E-state index in [1.807, 2.05) is 11.5 Å². The summed E-state index contributed by atoms with van der Waals surface area (Å²) in [7, 11) is 0. The van der Waals surface area contributed by atoms with Crippen molar-refractivity contribution in [2.45, 2.75) is 50.4 Å².